The highest BCUT2D eigenvalue weighted by molar-refractivity contribution is 6.00. The number of nitrogens with one attached hydrogen (secondary N) is 6. The van der Waals surface area contributed by atoms with Gasteiger partial charge in [0.25, 0.3) is 5.91 Å². The van der Waals surface area contributed by atoms with Gasteiger partial charge in [-0.05, 0) is 38.5 Å². The first-order valence-electron chi connectivity index (χ1n) is 14.0. The lowest BCUT2D eigenvalue weighted by Gasteiger charge is -2.24. The highest BCUT2D eigenvalue weighted by Gasteiger charge is 2.32. The maximum absolute atomic E-state index is 13.0. The molecule has 16 nitrogen and oxygen atoms in total. The molecule has 0 unspecified atom stereocenters. The normalized spacial score (nSPS) is 25.0. The summed E-state index contributed by atoms with van der Waals surface area (Å²) in [6.45, 7) is 1.52. The van der Waals surface area contributed by atoms with Crippen molar-refractivity contribution < 1.29 is 33.6 Å². The number of hydrogen-bond donors (Lipinski definition) is 7. The molecule has 0 bridgehead atoms. The molecule has 4 atom stereocenters. The van der Waals surface area contributed by atoms with E-state index in [1.807, 2.05) is 0 Å². The van der Waals surface area contributed by atoms with Crippen LogP contribution in [0.15, 0.2) is 30.7 Å². The van der Waals surface area contributed by atoms with Gasteiger partial charge in [-0.1, -0.05) is 12.8 Å². The molecule has 0 spiro atoms. The maximum Gasteiger partial charge on any atom is 0.271 e. The molecule has 1 fully saturated rings. The van der Waals surface area contributed by atoms with E-state index < -0.39 is 65.5 Å². The first-order valence-corrected chi connectivity index (χ1v) is 14.0. The molecule has 16 heteroatoms. The summed E-state index contributed by atoms with van der Waals surface area (Å²) in [5.74, 6) is -4.36. The number of aromatic nitrogens is 2. The first kappa shape index (κ1) is 32.6. The van der Waals surface area contributed by atoms with Crippen molar-refractivity contribution in [3.05, 3.63) is 36.4 Å². The lowest BCUT2D eigenvalue weighted by Crippen LogP contribution is -2.56. The van der Waals surface area contributed by atoms with E-state index in [-0.39, 0.29) is 44.0 Å². The van der Waals surface area contributed by atoms with Gasteiger partial charge in [-0.25, -0.2) is 4.98 Å². The van der Waals surface area contributed by atoms with Crippen molar-refractivity contribution in [2.75, 3.05) is 13.1 Å². The van der Waals surface area contributed by atoms with Gasteiger partial charge in [0.05, 0.1) is 6.20 Å². The number of carbonyl (C=O) groups excluding carboxylic acids is 7. The van der Waals surface area contributed by atoms with E-state index >= 15 is 0 Å². The minimum Gasteiger partial charge on any atom is -0.368 e. The highest BCUT2D eigenvalue weighted by atomic mass is 16.2. The minimum absolute atomic E-state index is 0.0579. The van der Waals surface area contributed by atoms with Crippen LogP contribution in [-0.2, 0) is 28.8 Å². The van der Waals surface area contributed by atoms with E-state index in [9.17, 15) is 33.6 Å². The van der Waals surface area contributed by atoms with E-state index in [1.165, 1.54) is 25.5 Å². The number of hydrogen-bond acceptors (Lipinski definition) is 9. The monoisotopic (exact) mass is 599 g/mol. The number of nitrogens with two attached hydrogens (primary N) is 1. The molecule has 232 valence electrons. The zero-order valence-corrected chi connectivity index (χ0v) is 23.8. The number of nitrogens with zero attached hydrogens (tertiary/aromatic N) is 2. The molecule has 2 aliphatic rings. The third-order valence-electron chi connectivity index (χ3n) is 6.81. The van der Waals surface area contributed by atoms with Crippen LogP contribution in [0.4, 0.5) is 0 Å². The van der Waals surface area contributed by atoms with Crippen molar-refractivity contribution in [3.63, 3.8) is 0 Å². The molecule has 1 aliphatic heterocycles. The van der Waals surface area contributed by atoms with Gasteiger partial charge in [0.2, 0.25) is 35.4 Å². The van der Waals surface area contributed by atoms with E-state index in [2.05, 4.69) is 41.9 Å². The molecule has 3 rings (SSSR count). The first-order chi connectivity index (χ1) is 20.5. The SMILES string of the molecule is C[C@@H]1NC(=O)[C@H](CC2CC2)NC(=O)/C=C\C(=O)N[C@H](C(N)=O)CCNC(=O)[C@H](CCCNC(=O)c2cnccn2)NC1=O. The summed E-state index contributed by atoms with van der Waals surface area (Å²) in [5.41, 5.74) is 5.51. The van der Waals surface area contributed by atoms with Crippen LogP contribution in [0.1, 0.15) is 55.9 Å². The summed E-state index contributed by atoms with van der Waals surface area (Å²) in [4.78, 5) is 95.7. The lowest BCUT2D eigenvalue weighted by molar-refractivity contribution is -0.133. The second-order valence-corrected chi connectivity index (χ2v) is 10.4. The van der Waals surface area contributed by atoms with Gasteiger partial charge in [0.1, 0.15) is 29.9 Å². The van der Waals surface area contributed by atoms with Crippen molar-refractivity contribution in [3.8, 4) is 0 Å². The van der Waals surface area contributed by atoms with Crippen LogP contribution in [-0.4, -0.2) is 88.6 Å². The van der Waals surface area contributed by atoms with Crippen molar-refractivity contribution >= 4 is 41.4 Å². The summed E-state index contributed by atoms with van der Waals surface area (Å²) in [7, 11) is 0. The van der Waals surface area contributed by atoms with Crippen LogP contribution in [0.25, 0.3) is 0 Å². The fourth-order valence-electron chi connectivity index (χ4n) is 4.22. The van der Waals surface area contributed by atoms with Gasteiger partial charge >= 0.3 is 0 Å². The molecule has 0 saturated heterocycles. The molecular weight excluding hydrogens is 562 g/mol. The van der Waals surface area contributed by atoms with Gasteiger partial charge < -0.3 is 37.6 Å². The van der Waals surface area contributed by atoms with Crippen LogP contribution < -0.4 is 37.6 Å². The third kappa shape index (κ3) is 11.1. The molecule has 8 N–H and O–H groups in total. The molecule has 7 amide bonds. The van der Waals surface area contributed by atoms with E-state index in [0.717, 1.165) is 25.0 Å². The van der Waals surface area contributed by atoms with Crippen LogP contribution in [0, 0.1) is 5.92 Å². The van der Waals surface area contributed by atoms with Crippen molar-refractivity contribution in [1.82, 2.24) is 41.9 Å². The van der Waals surface area contributed by atoms with Crippen molar-refractivity contribution in [2.45, 2.75) is 69.6 Å². The minimum atomic E-state index is -1.16. The number of carbonyl (C=O) groups is 7. The third-order valence-corrected chi connectivity index (χ3v) is 6.81. The Morgan fingerprint density at radius 1 is 0.907 bits per heavy atom. The molecule has 1 aliphatic carbocycles. The molecule has 1 saturated carbocycles. The van der Waals surface area contributed by atoms with Crippen molar-refractivity contribution in [2.24, 2.45) is 11.7 Å². The lowest BCUT2D eigenvalue weighted by atomic mass is 10.1. The molecular formula is C27H37N9O7. The van der Waals surface area contributed by atoms with Crippen LogP contribution in [0.2, 0.25) is 0 Å². The Kier molecular flexibility index (Phi) is 12.1. The summed E-state index contributed by atoms with van der Waals surface area (Å²) in [6.07, 6.45) is 8.45. The molecule has 2 heterocycles. The molecule has 0 radical (unpaired) electrons. The Bertz CT molecular complexity index is 1240. The molecule has 0 aromatic carbocycles. The molecule has 1 aromatic rings. The number of rotatable bonds is 8. The van der Waals surface area contributed by atoms with E-state index in [0.29, 0.717) is 6.42 Å². The number of amides is 7. The average molecular weight is 600 g/mol. The van der Waals surface area contributed by atoms with Gasteiger partial charge in [-0.15, -0.1) is 0 Å². The van der Waals surface area contributed by atoms with Crippen LogP contribution >= 0.6 is 0 Å². The predicted molar refractivity (Wildman–Crippen MR) is 150 cm³/mol. The zero-order chi connectivity index (χ0) is 31.4. The van der Waals surface area contributed by atoms with Gasteiger partial charge in [0, 0.05) is 37.6 Å². The average Bonchev–Trinajstić information content (AvgIpc) is 3.80. The summed E-state index contributed by atoms with van der Waals surface area (Å²) < 4.78 is 0. The zero-order valence-electron chi connectivity index (χ0n) is 23.8. The molecule has 1 aromatic heterocycles. The maximum atomic E-state index is 13.0. The topological polar surface area (TPSA) is 243 Å². The highest BCUT2D eigenvalue weighted by Crippen LogP contribution is 2.33. The fourth-order valence-corrected chi connectivity index (χ4v) is 4.22. The number of primary amides is 1. The quantitative estimate of drug-likeness (QED) is 0.154. The largest absolute Gasteiger partial charge is 0.368 e. The Labute approximate surface area is 247 Å². The van der Waals surface area contributed by atoms with E-state index in [1.54, 1.807) is 0 Å². The Morgan fingerprint density at radius 3 is 2.28 bits per heavy atom. The van der Waals surface area contributed by atoms with Gasteiger partial charge in [-0.2, -0.15) is 0 Å². The summed E-state index contributed by atoms with van der Waals surface area (Å²) in [5, 5.41) is 15.4. The Balaban J connectivity index is 1.71. The summed E-state index contributed by atoms with van der Waals surface area (Å²) >= 11 is 0. The van der Waals surface area contributed by atoms with Gasteiger partial charge in [0.15, 0.2) is 0 Å². The van der Waals surface area contributed by atoms with Crippen LogP contribution in [0.5, 0.6) is 0 Å². The summed E-state index contributed by atoms with van der Waals surface area (Å²) in [6, 6.07) is -4.24. The van der Waals surface area contributed by atoms with Crippen molar-refractivity contribution in [1.29, 1.82) is 0 Å². The standard InChI is InChI=1S/C27H37N9O7/c1-15-24(40)36-18(3-2-9-31-26(42)20-14-29-11-12-30-20)25(41)32-10-8-17(23(28)39)34-21(37)6-7-22(38)35-19(27(43)33-15)13-16-4-5-16/h6-7,11-12,14-19H,2-5,8-10,13H2,1H3,(H2,28,39)(H,31,42)(H,32,41)(H,33,43)(H,34,37)(H,35,38)(H,36,40)/b7-6-/t15-,17-,18-,19-/m0/s1. The van der Waals surface area contributed by atoms with Crippen LogP contribution in [0.3, 0.4) is 0 Å². The second kappa shape index (κ2) is 15.9. The van der Waals surface area contributed by atoms with Gasteiger partial charge in [-0.3, -0.25) is 38.5 Å². The molecule has 43 heavy (non-hydrogen) atoms. The Morgan fingerprint density at radius 2 is 1.63 bits per heavy atom. The fraction of sp³-hybridized carbons (Fsp3) is 0.519. The second-order valence-electron chi connectivity index (χ2n) is 10.4. The smallest absolute Gasteiger partial charge is 0.271 e. The van der Waals surface area contributed by atoms with E-state index in [4.69, 9.17) is 5.73 Å². The Hall–Kier alpha value is -4.89. The predicted octanol–water partition coefficient (Wildman–Crippen LogP) is -2.69.